The fraction of sp³-hybridized carbons (Fsp3) is 0.611. The van der Waals surface area contributed by atoms with Crippen molar-refractivity contribution in [3.05, 3.63) is 35.9 Å². The molecule has 116 valence electrons. The topological polar surface area (TPSA) is 46.3 Å². The lowest BCUT2D eigenvalue weighted by molar-refractivity contribution is -0.137. The van der Waals surface area contributed by atoms with Crippen LogP contribution in [0.4, 0.5) is 0 Å². The van der Waals surface area contributed by atoms with Crippen LogP contribution in [0.2, 0.25) is 0 Å². The van der Waals surface area contributed by atoms with Gasteiger partial charge < -0.3 is 10.6 Å². The Hall–Kier alpha value is -1.35. The normalized spacial score (nSPS) is 25.1. The molecule has 0 saturated heterocycles. The molecule has 4 atom stereocenters. The average Bonchev–Trinajstić information content (AvgIpc) is 2.53. The molecule has 3 nitrogen and oxygen atoms in total. The zero-order valence-electron chi connectivity index (χ0n) is 13.5. The molecule has 1 aromatic carbocycles. The standard InChI is InChI=1S/C18H28N2O/c1-13-8-7-11-16(12-13)20(3)18(21)14(2)17(19)15-9-5-4-6-10-15/h4-6,9-10,13-14,16-17H,7-8,11-12,19H2,1-3H3. The van der Waals surface area contributed by atoms with Gasteiger partial charge in [0.05, 0.1) is 5.92 Å². The van der Waals surface area contributed by atoms with Crippen LogP contribution in [0.1, 0.15) is 51.1 Å². The second-order valence-electron chi connectivity index (χ2n) is 6.60. The number of hydrogen-bond acceptors (Lipinski definition) is 2. The highest BCUT2D eigenvalue weighted by atomic mass is 16.2. The Morgan fingerprint density at radius 2 is 1.95 bits per heavy atom. The van der Waals surface area contributed by atoms with Gasteiger partial charge in [-0.25, -0.2) is 0 Å². The Bertz CT molecular complexity index is 460. The molecule has 0 bridgehead atoms. The van der Waals surface area contributed by atoms with Crippen molar-refractivity contribution >= 4 is 5.91 Å². The van der Waals surface area contributed by atoms with Gasteiger partial charge in [-0.2, -0.15) is 0 Å². The van der Waals surface area contributed by atoms with E-state index in [9.17, 15) is 4.79 Å². The van der Waals surface area contributed by atoms with Gasteiger partial charge in [-0.05, 0) is 24.3 Å². The quantitative estimate of drug-likeness (QED) is 0.923. The molecule has 21 heavy (non-hydrogen) atoms. The predicted octanol–water partition coefficient (Wildman–Crippen LogP) is 3.36. The molecule has 0 aromatic heterocycles. The summed E-state index contributed by atoms with van der Waals surface area (Å²) in [7, 11) is 1.94. The van der Waals surface area contributed by atoms with Crippen LogP contribution in [0.15, 0.2) is 30.3 Å². The molecule has 1 aromatic rings. The van der Waals surface area contributed by atoms with Crippen LogP contribution in [0.3, 0.4) is 0 Å². The summed E-state index contributed by atoms with van der Waals surface area (Å²) in [5, 5.41) is 0. The van der Waals surface area contributed by atoms with Crippen molar-refractivity contribution in [1.29, 1.82) is 0 Å². The lowest BCUT2D eigenvalue weighted by atomic mass is 9.85. The first kappa shape index (κ1) is 16.0. The molecule has 1 amide bonds. The molecule has 0 heterocycles. The summed E-state index contributed by atoms with van der Waals surface area (Å²) in [5.74, 6) is 0.706. The number of carbonyl (C=O) groups excluding carboxylic acids is 1. The minimum absolute atomic E-state index is 0.172. The molecule has 0 aliphatic heterocycles. The van der Waals surface area contributed by atoms with Gasteiger partial charge >= 0.3 is 0 Å². The molecular formula is C18H28N2O. The Morgan fingerprint density at radius 1 is 1.29 bits per heavy atom. The van der Waals surface area contributed by atoms with Crippen LogP contribution < -0.4 is 5.73 Å². The van der Waals surface area contributed by atoms with E-state index in [1.165, 1.54) is 12.8 Å². The number of carbonyl (C=O) groups is 1. The fourth-order valence-electron chi connectivity index (χ4n) is 3.37. The molecule has 1 saturated carbocycles. The van der Waals surface area contributed by atoms with Crippen LogP contribution in [0.25, 0.3) is 0 Å². The van der Waals surface area contributed by atoms with Crippen molar-refractivity contribution in [3.8, 4) is 0 Å². The maximum Gasteiger partial charge on any atom is 0.227 e. The monoisotopic (exact) mass is 288 g/mol. The lowest BCUT2D eigenvalue weighted by Crippen LogP contribution is -2.44. The zero-order chi connectivity index (χ0) is 15.4. The van der Waals surface area contributed by atoms with E-state index in [4.69, 9.17) is 5.73 Å². The number of nitrogens with zero attached hydrogens (tertiary/aromatic N) is 1. The van der Waals surface area contributed by atoms with Crippen molar-refractivity contribution in [3.63, 3.8) is 0 Å². The van der Waals surface area contributed by atoms with Crippen molar-refractivity contribution in [2.24, 2.45) is 17.6 Å². The predicted molar refractivity (Wildman–Crippen MR) is 86.7 cm³/mol. The maximum absolute atomic E-state index is 12.7. The van der Waals surface area contributed by atoms with Crippen LogP contribution in [-0.4, -0.2) is 23.9 Å². The number of amides is 1. The van der Waals surface area contributed by atoms with E-state index in [1.807, 2.05) is 49.2 Å². The van der Waals surface area contributed by atoms with E-state index in [0.717, 1.165) is 24.3 Å². The van der Waals surface area contributed by atoms with Gasteiger partial charge in [-0.1, -0.05) is 57.0 Å². The summed E-state index contributed by atoms with van der Waals surface area (Å²) in [5.41, 5.74) is 7.32. The van der Waals surface area contributed by atoms with E-state index in [-0.39, 0.29) is 17.9 Å². The summed E-state index contributed by atoms with van der Waals surface area (Å²) in [6.45, 7) is 4.23. The number of rotatable bonds is 4. The highest BCUT2D eigenvalue weighted by molar-refractivity contribution is 5.79. The minimum atomic E-state index is -0.234. The van der Waals surface area contributed by atoms with Gasteiger partial charge in [-0.3, -0.25) is 4.79 Å². The first-order valence-corrected chi connectivity index (χ1v) is 8.08. The Morgan fingerprint density at radius 3 is 2.57 bits per heavy atom. The largest absolute Gasteiger partial charge is 0.342 e. The van der Waals surface area contributed by atoms with Gasteiger partial charge in [-0.15, -0.1) is 0 Å². The van der Waals surface area contributed by atoms with E-state index < -0.39 is 0 Å². The second-order valence-corrected chi connectivity index (χ2v) is 6.60. The maximum atomic E-state index is 12.7. The third-order valence-electron chi connectivity index (χ3n) is 4.92. The highest BCUT2D eigenvalue weighted by Gasteiger charge is 2.30. The molecule has 1 aliphatic rings. The van der Waals surface area contributed by atoms with Crippen molar-refractivity contribution in [2.75, 3.05) is 7.05 Å². The Kier molecular flexibility index (Phi) is 5.40. The van der Waals surface area contributed by atoms with Gasteiger partial charge in [0.2, 0.25) is 5.91 Å². The average molecular weight is 288 g/mol. The van der Waals surface area contributed by atoms with E-state index in [2.05, 4.69) is 6.92 Å². The third-order valence-corrected chi connectivity index (χ3v) is 4.92. The molecule has 0 radical (unpaired) electrons. The molecule has 2 rings (SSSR count). The number of nitrogens with two attached hydrogens (primary N) is 1. The summed E-state index contributed by atoms with van der Waals surface area (Å²) in [6.07, 6.45) is 4.76. The van der Waals surface area contributed by atoms with Crippen LogP contribution in [0, 0.1) is 11.8 Å². The molecule has 4 unspecified atom stereocenters. The van der Waals surface area contributed by atoms with Crippen LogP contribution >= 0.6 is 0 Å². The molecule has 0 spiro atoms. The SMILES string of the molecule is CC1CCCC(N(C)C(=O)C(C)C(N)c2ccccc2)C1. The van der Waals surface area contributed by atoms with Gasteiger partial charge in [0, 0.05) is 19.1 Å². The molecule has 2 N–H and O–H groups in total. The smallest absolute Gasteiger partial charge is 0.227 e. The minimum Gasteiger partial charge on any atom is -0.342 e. The lowest BCUT2D eigenvalue weighted by Gasteiger charge is -2.36. The summed E-state index contributed by atoms with van der Waals surface area (Å²) in [6, 6.07) is 10.1. The molecular weight excluding hydrogens is 260 g/mol. The Labute approximate surface area is 128 Å². The summed E-state index contributed by atoms with van der Waals surface area (Å²) >= 11 is 0. The van der Waals surface area contributed by atoms with Crippen LogP contribution in [-0.2, 0) is 4.79 Å². The first-order chi connectivity index (χ1) is 10.0. The summed E-state index contributed by atoms with van der Waals surface area (Å²) < 4.78 is 0. The first-order valence-electron chi connectivity index (χ1n) is 8.08. The molecule has 1 fully saturated rings. The van der Waals surface area contributed by atoms with Gasteiger partial charge in [0.25, 0.3) is 0 Å². The molecule has 1 aliphatic carbocycles. The van der Waals surface area contributed by atoms with Gasteiger partial charge in [0.1, 0.15) is 0 Å². The Balaban J connectivity index is 2.01. The van der Waals surface area contributed by atoms with E-state index in [0.29, 0.717) is 6.04 Å². The summed E-state index contributed by atoms with van der Waals surface area (Å²) in [4.78, 5) is 14.7. The number of benzene rings is 1. The van der Waals surface area contributed by atoms with Crippen molar-refractivity contribution in [1.82, 2.24) is 4.90 Å². The third kappa shape index (κ3) is 3.85. The van der Waals surface area contributed by atoms with Crippen LogP contribution in [0.5, 0.6) is 0 Å². The second kappa shape index (κ2) is 7.08. The van der Waals surface area contributed by atoms with Crippen molar-refractivity contribution in [2.45, 2.75) is 51.6 Å². The molecule has 3 heteroatoms. The number of hydrogen-bond donors (Lipinski definition) is 1. The highest BCUT2D eigenvalue weighted by Crippen LogP contribution is 2.29. The fourth-order valence-corrected chi connectivity index (χ4v) is 3.37. The van der Waals surface area contributed by atoms with Gasteiger partial charge in [0.15, 0.2) is 0 Å². The van der Waals surface area contributed by atoms with E-state index in [1.54, 1.807) is 0 Å². The zero-order valence-corrected chi connectivity index (χ0v) is 13.5. The van der Waals surface area contributed by atoms with Crippen molar-refractivity contribution < 1.29 is 4.79 Å². The van der Waals surface area contributed by atoms with E-state index >= 15 is 0 Å².